The van der Waals surface area contributed by atoms with Crippen molar-refractivity contribution in [1.29, 1.82) is 0 Å². The fourth-order valence-electron chi connectivity index (χ4n) is 14.0. The molecular weight excluding hydrogens is 773 g/mol. The molecule has 6 rings (SSSR count). The Kier molecular flexibility index (Phi) is 12.4. The van der Waals surface area contributed by atoms with Crippen molar-refractivity contribution in [1.82, 2.24) is 0 Å². The Morgan fingerprint density at radius 2 is 1.28 bits per heavy atom. The normalized spacial score (nSPS) is 35.1. The summed E-state index contributed by atoms with van der Waals surface area (Å²) in [7, 11) is 0. The molecule has 0 saturated heterocycles. The maximum atomic E-state index is 14.5. The molecule has 338 valence electrons. The van der Waals surface area contributed by atoms with Crippen LogP contribution in [0.15, 0.2) is 42.0 Å². The molecule has 1 aromatic rings. The Morgan fingerprint density at radius 1 is 0.705 bits per heavy atom. The number of carbonyl (C=O) groups is 5. The van der Waals surface area contributed by atoms with Gasteiger partial charge in [0.05, 0.1) is 31.1 Å². The summed E-state index contributed by atoms with van der Waals surface area (Å²) in [6.45, 7) is 23.4. The lowest BCUT2D eigenvalue weighted by molar-refractivity contribution is -0.246. The molecule has 0 aromatic heterocycles. The number of allylic oxidation sites excluding steroid dienone is 2. The van der Waals surface area contributed by atoms with Gasteiger partial charge in [0, 0.05) is 5.41 Å². The summed E-state index contributed by atoms with van der Waals surface area (Å²) in [5, 5.41) is 19.1. The highest BCUT2D eigenvalue weighted by molar-refractivity contribution is 5.79. The summed E-state index contributed by atoms with van der Waals surface area (Å²) in [6.07, 6.45) is 7.75. The van der Waals surface area contributed by atoms with Gasteiger partial charge < -0.3 is 24.4 Å². The zero-order valence-corrected chi connectivity index (χ0v) is 38.9. The molecule has 0 radical (unpaired) electrons. The predicted octanol–water partition coefficient (Wildman–Crippen LogP) is 10.7. The number of rotatable bonds is 13. The summed E-state index contributed by atoms with van der Waals surface area (Å²) in [4.78, 5) is 65.5. The number of hydrogen-bond donors (Lipinski definition) is 2. The molecule has 0 spiro atoms. The first-order valence-electron chi connectivity index (χ1n) is 22.8. The van der Waals surface area contributed by atoms with E-state index in [0.717, 1.165) is 56.9 Å². The molecule has 61 heavy (non-hydrogen) atoms. The fourth-order valence-corrected chi connectivity index (χ4v) is 14.0. The number of fused-ring (bicyclic) bond motifs is 7. The van der Waals surface area contributed by atoms with Crippen molar-refractivity contribution in [3.05, 3.63) is 47.5 Å². The summed E-state index contributed by atoms with van der Waals surface area (Å²) in [5.74, 6) is -2.75. The number of aliphatic carboxylic acids is 2. The molecule has 1 aromatic carbocycles. The highest BCUT2D eigenvalue weighted by Gasteiger charge is 2.71. The second-order valence-corrected chi connectivity index (χ2v) is 23.7. The molecule has 4 saturated carbocycles. The summed E-state index contributed by atoms with van der Waals surface area (Å²) in [6, 6.07) is 9.91. The Balaban J connectivity index is 1.35. The van der Waals surface area contributed by atoms with E-state index in [1.807, 2.05) is 30.3 Å². The van der Waals surface area contributed by atoms with Gasteiger partial charge in [-0.15, -0.1) is 0 Å². The third kappa shape index (κ3) is 8.81. The number of hydrogen-bond acceptors (Lipinski definition) is 8. The first-order valence-corrected chi connectivity index (χ1v) is 22.8. The molecule has 0 bridgehead atoms. The topological polar surface area (TPSA) is 153 Å². The predicted molar refractivity (Wildman–Crippen MR) is 232 cm³/mol. The summed E-state index contributed by atoms with van der Waals surface area (Å²) >= 11 is 0. The van der Waals surface area contributed by atoms with Crippen molar-refractivity contribution in [2.45, 2.75) is 178 Å². The Morgan fingerprint density at radius 3 is 1.87 bits per heavy atom. The van der Waals surface area contributed by atoms with Gasteiger partial charge in [0.15, 0.2) is 0 Å². The first kappa shape index (κ1) is 46.8. The Labute approximate surface area is 364 Å². The standard InChI is InChI=1S/C51H74O10/c1-44(2)21-23-51(43(58)59-31-32-15-13-12-14-16-32)24-22-49(10)33(34(51)25-44)17-18-37-48(9)26-35(60-40(56)29-45(3,4)27-38(52)53)42(47(7,8)36(48)19-20-50(37,49)11)61-41(57)30-46(5,6)28-39(54)55/h12-17,34-37,42H,18-31H2,1-11H3,(H,52,53)(H,54,55)/t34-,35+,36-,37+,42-,48-,49+,50+,51-/m0/s1. The van der Waals surface area contributed by atoms with Crippen LogP contribution in [0.3, 0.4) is 0 Å². The highest BCUT2D eigenvalue weighted by atomic mass is 16.6. The average molecular weight is 847 g/mol. The van der Waals surface area contributed by atoms with Crippen LogP contribution in [0.2, 0.25) is 0 Å². The quantitative estimate of drug-likeness (QED) is 0.111. The highest BCUT2D eigenvalue weighted by Crippen LogP contribution is 2.76. The lowest BCUT2D eigenvalue weighted by atomic mass is 9.33. The van der Waals surface area contributed by atoms with Crippen LogP contribution in [0, 0.1) is 61.1 Å². The molecule has 0 amide bonds. The van der Waals surface area contributed by atoms with Crippen molar-refractivity contribution in [3.8, 4) is 0 Å². The van der Waals surface area contributed by atoms with Crippen molar-refractivity contribution in [2.24, 2.45) is 61.1 Å². The molecule has 0 unspecified atom stereocenters. The van der Waals surface area contributed by atoms with Crippen LogP contribution >= 0.6 is 0 Å². The van der Waals surface area contributed by atoms with E-state index in [9.17, 15) is 34.2 Å². The first-order chi connectivity index (χ1) is 28.1. The Hall–Kier alpha value is -3.69. The van der Waals surface area contributed by atoms with Crippen LogP contribution in [0.5, 0.6) is 0 Å². The molecule has 10 heteroatoms. The molecule has 4 fully saturated rings. The molecule has 0 heterocycles. The molecule has 2 N–H and O–H groups in total. The maximum Gasteiger partial charge on any atom is 0.313 e. The van der Waals surface area contributed by atoms with Gasteiger partial charge in [0.25, 0.3) is 0 Å². The van der Waals surface area contributed by atoms with E-state index in [1.165, 1.54) is 5.57 Å². The van der Waals surface area contributed by atoms with Crippen LogP contribution in [0.1, 0.15) is 165 Å². The van der Waals surface area contributed by atoms with Crippen LogP contribution < -0.4 is 0 Å². The summed E-state index contributed by atoms with van der Waals surface area (Å²) in [5.41, 5.74) is -1.12. The number of carboxylic acids is 2. The van der Waals surface area contributed by atoms with Crippen LogP contribution in [0.4, 0.5) is 0 Å². The van der Waals surface area contributed by atoms with Gasteiger partial charge in [-0.2, -0.15) is 0 Å². The van der Waals surface area contributed by atoms with Gasteiger partial charge in [-0.25, -0.2) is 0 Å². The van der Waals surface area contributed by atoms with E-state index < -0.39 is 57.7 Å². The van der Waals surface area contributed by atoms with Gasteiger partial charge in [0.2, 0.25) is 0 Å². The van der Waals surface area contributed by atoms with Crippen molar-refractivity contribution in [3.63, 3.8) is 0 Å². The number of carbonyl (C=O) groups excluding carboxylic acids is 3. The lowest BCUT2D eigenvalue weighted by Crippen LogP contribution is -2.68. The summed E-state index contributed by atoms with van der Waals surface area (Å²) < 4.78 is 19.0. The number of carboxylic acid groups (broad SMARTS) is 2. The molecule has 9 atom stereocenters. The van der Waals surface area contributed by atoms with E-state index in [-0.39, 0.29) is 77.7 Å². The van der Waals surface area contributed by atoms with E-state index in [2.05, 4.69) is 54.5 Å². The zero-order chi connectivity index (χ0) is 45.2. The van der Waals surface area contributed by atoms with E-state index in [1.54, 1.807) is 27.7 Å². The van der Waals surface area contributed by atoms with E-state index in [0.29, 0.717) is 6.42 Å². The van der Waals surface area contributed by atoms with Gasteiger partial charge in [-0.05, 0) is 114 Å². The van der Waals surface area contributed by atoms with Crippen LogP contribution in [0.25, 0.3) is 0 Å². The lowest BCUT2D eigenvalue weighted by Gasteiger charge is -2.71. The van der Waals surface area contributed by atoms with Gasteiger partial charge in [-0.1, -0.05) is 118 Å². The number of benzene rings is 1. The maximum absolute atomic E-state index is 14.5. The van der Waals surface area contributed by atoms with Crippen LogP contribution in [-0.4, -0.2) is 52.3 Å². The third-order valence-corrected chi connectivity index (χ3v) is 17.2. The molecule has 0 aliphatic heterocycles. The minimum atomic E-state index is -0.997. The van der Waals surface area contributed by atoms with E-state index in [4.69, 9.17) is 14.2 Å². The second kappa shape index (κ2) is 16.1. The fraction of sp³-hybridized carbons (Fsp3) is 0.745. The zero-order valence-electron chi connectivity index (χ0n) is 38.9. The van der Waals surface area contributed by atoms with Crippen molar-refractivity contribution < 1.29 is 48.4 Å². The Bertz CT molecular complexity index is 1910. The second-order valence-electron chi connectivity index (χ2n) is 23.7. The minimum Gasteiger partial charge on any atom is -0.481 e. The van der Waals surface area contributed by atoms with Crippen LogP contribution in [-0.2, 0) is 44.8 Å². The van der Waals surface area contributed by atoms with Gasteiger partial charge in [0.1, 0.15) is 18.8 Å². The third-order valence-electron chi connectivity index (χ3n) is 17.2. The van der Waals surface area contributed by atoms with Gasteiger partial charge in [-0.3, -0.25) is 24.0 Å². The number of esters is 3. The minimum absolute atomic E-state index is 0.0695. The number of ether oxygens (including phenoxy) is 3. The van der Waals surface area contributed by atoms with Crippen molar-refractivity contribution >= 4 is 29.8 Å². The van der Waals surface area contributed by atoms with Gasteiger partial charge >= 0.3 is 29.8 Å². The molecule has 5 aliphatic rings. The smallest absolute Gasteiger partial charge is 0.313 e. The van der Waals surface area contributed by atoms with Crippen molar-refractivity contribution in [2.75, 3.05) is 0 Å². The molecule has 10 nitrogen and oxygen atoms in total. The van der Waals surface area contributed by atoms with E-state index >= 15 is 0 Å². The molecular formula is C51H74O10. The average Bonchev–Trinajstić information content (AvgIpc) is 3.11. The molecule has 5 aliphatic carbocycles. The monoisotopic (exact) mass is 847 g/mol. The largest absolute Gasteiger partial charge is 0.481 e. The SMILES string of the molecule is CC(C)(CC(=O)O)CC(=O)O[C@@H]1C[C@]2(C)[C@H]3CC=C4[C@@H]5CC(C)(C)CC[C@]5(C(=O)OCc5ccccc5)CC[C@@]4(C)[C@]3(C)CC[C@H]2C(C)(C)[C@H]1OC(=O)CC(C)(C)CC(=O)O.